The lowest BCUT2D eigenvalue weighted by molar-refractivity contribution is -0.113. The second-order valence-electron chi connectivity index (χ2n) is 9.07. The fourth-order valence-electron chi connectivity index (χ4n) is 4.49. The van der Waals surface area contributed by atoms with Crippen molar-refractivity contribution in [1.82, 2.24) is 20.6 Å². The van der Waals surface area contributed by atoms with E-state index < -0.39 is 6.10 Å². The summed E-state index contributed by atoms with van der Waals surface area (Å²) in [5.41, 5.74) is 3.12. The van der Waals surface area contributed by atoms with E-state index in [0.29, 0.717) is 39.4 Å². The number of carbonyl (C=O) groups excluding carboxylic acids is 1. The fraction of sp³-hybridized carbons (Fsp3) is 0.346. The van der Waals surface area contributed by atoms with Crippen molar-refractivity contribution in [2.24, 2.45) is 4.99 Å². The van der Waals surface area contributed by atoms with Crippen LogP contribution in [0, 0.1) is 0 Å². The van der Waals surface area contributed by atoms with Crippen LogP contribution in [0.15, 0.2) is 57.2 Å². The van der Waals surface area contributed by atoms with Gasteiger partial charge < -0.3 is 35.3 Å². The number of nitrogens with one attached hydrogen (secondary N) is 4. The Labute approximate surface area is 218 Å². The molecule has 5 rings (SSSR count). The van der Waals surface area contributed by atoms with Gasteiger partial charge in [-0.1, -0.05) is 18.2 Å². The van der Waals surface area contributed by atoms with Gasteiger partial charge in [-0.05, 0) is 60.5 Å². The molecule has 3 heterocycles. The van der Waals surface area contributed by atoms with E-state index in [1.54, 1.807) is 25.2 Å². The fourth-order valence-corrected chi connectivity index (χ4v) is 5.26. The lowest BCUT2D eigenvalue weighted by Crippen LogP contribution is -2.45. The minimum Gasteiger partial charge on any atom is -0.489 e. The first-order chi connectivity index (χ1) is 18.0. The molecule has 0 saturated carbocycles. The highest BCUT2D eigenvalue weighted by atomic mass is 32.2. The minimum atomic E-state index is -0.667. The molecule has 1 amide bonds. The molecule has 3 aromatic rings. The van der Waals surface area contributed by atoms with E-state index in [0.717, 1.165) is 37.2 Å². The molecular weight excluding hydrogens is 492 g/mol. The highest BCUT2D eigenvalue weighted by Gasteiger charge is 2.22. The second-order valence-corrected chi connectivity index (χ2v) is 10.1. The second kappa shape index (κ2) is 11.2. The molecule has 2 aliphatic rings. The number of fused-ring (bicyclic) bond motifs is 1. The van der Waals surface area contributed by atoms with Gasteiger partial charge >= 0.3 is 5.69 Å². The van der Waals surface area contributed by atoms with E-state index >= 15 is 0 Å². The maximum absolute atomic E-state index is 12.0. The highest BCUT2D eigenvalue weighted by Crippen LogP contribution is 2.28. The number of amidine groups is 1. The largest absolute Gasteiger partial charge is 0.489 e. The van der Waals surface area contributed by atoms with Gasteiger partial charge in [0, 0.05) is 38.4 Å². The Morgan fingerprint density at radius 1 is 1.19 bits per heavy atom. The average Bonchev–Trinajstić information content (AvgIpc) is 3.48. The number of nitrogens with zero attached hydrogens (tertiary/aromatic N) is 2. The number of benzene rings is 2. The number of rotatable bonds is 8. The number of ether oxygens (including phenoxy) is 1. The van der Waals surface area contributed by atoms with Crippen LogP contribution in [0.1, 0.15) is 18.4 Å². The zero-order valence-corrected chi connectivity index (χ0v) is 21.3. The normalized spacial score (nSPS) is 18.4. The Morgan fingerprint density at radius 3 is 2.70 bits per heavy atom. The molecule has 1 aromatic heterocycles. The molecule has 1 fully saturated rings. The first kappa shape index (κ1) is 25.1. The van der Waals surface area contributed by atoms with Gasteiger partial charge in [-0.2, -0.15) is 4.99 Å². The predicted octanol–water partition coefficient (Wildman–Crippen LogP) is 2.04. The predicted molar refractivity (Wildman–Crippen MR) is 147 cm³/mol. The van der Waals surface area contributed by atoms with Crippen molar-refractivity contribution >= 4 is 45.6 Å². The molecule has 194 valence electrons. The van der Waals surface area contributed by atoms with Crippen LogP contribution in [-0.4, -0.2) is 71.6 Å². The number of H-pyrrole nitrogens is 2. The van der Waals surface area contributed by atoms with Crippen LogP contribution in [0.2, 0.25) is 0 Å². The van der Waals surface area contributed by atoms with Gasteiger partial charge in [-0.3, -0.25) is 4.79 Å². The Kier molecular flexibility index (Phi) is 7.63. The number of aliphatic imine (C=N–C) groups is 1. The topological polar surface area (TPSA) is 135 Å². The molecule has 2 aromatic carbocycles. The van der Waals surface area contributed by atoms with Crippen molar-refractivity contribution in [3.8, 4) is 5.75 Å². The van der Waals surface area contributed by atoms with Crippen molar-refractivity contribution in [2.75, 3.05) is 38.2 Å². The molecule has 0 unspecified atom stereocenters. The molecule has 11 heteroatoms. The van der Waals surface area contributed by atoms with Crippen LogP contribution in [0.25, 0.3) is 17.1 Å². The third-order valence-corrected chi connectivity index (χ3v) is 7.47. The van der Waals surface area contributed by atoms with E-state index in [9.17, 15) is 14.7 Å². The zero-order chi connectivity index (χ0) is 25.8. The van der Waals surface area contributed by atoms with Crippen LogP contribution in [-0.2, 0) is 4.79 Å². The molecule has 0 bridgehead atoms. The molecule has 0 aliphatic carbocycles. The van der Waals surface area contributed by atoms with Crippen LogP contribution >= 0.6 is 11.8 Å². The Morgan fingerprint density at radius 2 is 1.97 bits per heavy atom. The summed E-state index contributed by atoms with van der Waals surface area (Å²) in [4.78, 5) is 35.8. The van der Waals surface area contributed by atoms with Crippen molar-refractivity contribution < 1.29 is 14.6 Å². The number of anilines is 1. The van der Waals surface area contributed by atoms with Crippen molar-refractivity contribution in [3.05, 3.63) is 63.4 Å². The quantitative estimate of drug-likeness (QED) is 0.284. The number of amides is 1. The highest BCUT2D eigenvalue weighted by molar-refractivity contribution is 8.18. The number of aromatic nitrogens is 2. The molecule has 1 saturated heterocycles. The lowest BCUT2D eigenvalue weighted by Gasteiger charge is -2.34. The first-order valence-corrected chi connectivity index (χ1v) is 13.1. The SMILES string of the molecule is CNC1=NC(=O)/C(=C\c2ccc(N3CCC(NC[C@H](O)COc4cccc5[nH]c(=O)[nH]c45)CC3)cc2)S1. The van der Waals surface area contributed by atoms with Crippen molar-refractivity contribution in [3.63, 3.8) is 0 Å². The standard InChI is InChI=1S/C26H30N6O4S/c1-27-26-31-24(34)22(37-26)13-16-5-7-18(8-6-16)32-11-9-17(10-12-32)28-14-19(33)15-36-21-4-2-3-20-23(21)30-25(35)29-20/h2-8,13,17,19,28,33H,9-12,14-15H2,1H3,(H,27,31,34)(H2,29,30,35)/b22-13+/t19-/m0/s1. The molecule has 5 N–H and O–H groups in total. The molecule has 1 atom stereocenters. The number of piperidine rings is 1. The zero-order valence-electron chi connectivity index (χ0n) is 20.5. The summed E-state index contributed by atoms with van der Waals surface area (Å²) in [6, 6.07) is 13.9. The summed E-state index contributed by atoms with van der Waals surface area (Å²) < 4.78 is 5.76. The molecule has 37 heavy (non-hydrogen) atoms. The number of imidazole rings is 1. The Hall–Kier alpha value is -3.54. The minimum absolute atomic E-state index is 0.132. The molecule has 0 spiro atoms. The number of hydrogen-bond donors (Lipinski definition) is 5. The number of aromatic amines is 2. The van der Waals surface area contributed by atoms with Gasteiger partial charge in [0.1, 0.15) is 24.0 Å². The van der Waals surface area contributed by atoms with E-state index in [1.165, 1.54) is 11.8 Å². The van der Waals surface area contributed by atoms with E-state index in [-0.39, 0.29) is 18.2 Å². The van der Waals surface area contributed by atoms with Crippen LogP contribution in [0.3, 0.4) is 0 Å². The van der Waals surface area contributed by atoms with Crippen LogP contribution in [0.4, 0.5) is 5.69 Å². The molecular formula is C26H30N6O4S. The Balaban J connectivity index is 1.06. The number of thioether (sulfide) groups is 1. The number of carbonyl (C=O) groups is 1. The van der Waals surface area contributed by atoms with Gasteiger partial charge in [-0.15, -0.1) is 0 Å². The van der Waals surface area contributed by atoms with Gasteiger partial charge in [0.05, 0.1) is 10.4 Å². The summed E-state index contributed by atoms with van der Waals surface area (Å²) in [5.74, 6) is 0.328. The summed E-state index contributed by atoms with van der Waals surface area (Å²) in [7, 11) is 1.75. The van der Waals surface area contributed by atoms with E-state index in [2.05, 4.69) is 42.6 Å². The van der Waals surface area contributed by atoms with Crippen molar-refractivity contribution in [1.29, 1.82) is 0 Å². The van der Waals surface area contributed by atoms with Gasteiger partial charge in [0.15, 0.2) is 5.17 Å². The van der Waals surface area contributed by atoms with Crippen molar-refractivity contribution in [2.45, 2.75) is 25.0 Å². The Bertz CT molecular complexity index is 1370. The monoisotopic (exact) mass is 522 g/mol. The summed E-state index contributed by atoms with van der Waals surface area (Å²) in [6.45, 7) is 2.40. The van der Waals surface area contributed by atoms with E-state index in [1.807, 2.05) is 18.2 Å². The average molecular weight is 523 g/mol. The van der Waals surface area contributed by atoms with Gasteiger partial charge in [0.25, 0.3) is 5.91 Å². The maximum atomic E-state index is 12.0. The smallest absolute Gasteiger partial charge is 0.323 e. The van der Waals surface area contributed by atoms with Gasteiger partial charge in [-0.25, -0.2) is 4.79 Å². The maximum Gasteiger partial charge on any atom is 0.323 e. The van der Waals surface area contributed by atoms with E-state index in [4.69, 9.17) is 4.74 Å². The summed E-state index contributed by atoms with van der Waals surface area (Å²) in [6.07, 6.45) is 3.14. The summed E-state index contributed by atoms with van der Waals surface area (Å²) >= 11 is 1.35. The molecule has 0 radical (unpaired) electrons. The number of aliphatic hydroxyl groups excluding tert-OH is 1. The lowest BCUT2D eigenvalue weighted by atomic mass is 10.0. The number of aliphatic hydroxyl groups is 1. The molecule has 10 nitrogen and oxygen atoms in total. The number of para-hydroxylation sites is 1. The number of hydrogen-bond acceptors (Lipinski definition) is 8. The van der Waals surface area contributed by atoms with Gasteiger partial charge in [0.2, 0.25) is 0 Å². The summed E-state index contributed by atoms with van der Waals surface area (Å²) in [5, 5.41) is 17.4. The van der Waals surface area contributed by atoms with Crippen LogP contribution in [0.5, 0.6) is 5.75 Å². The molecule has 2 aliphatic heterocycles. The third kappa shape index (κ3) is 6.07. The third-order valence-electron chi connectivity index (χ3n) is 6.47. The van der Waals surface area contributed by atoms with Crippen LogP contribution < -0.4 is 26.0 Å². The first-order valence-electron chi connectivity index (χ1n) is 12.3.